The first-order valence-corrected chi connectivity index (χ1v) is 14.3. The molecule has 36 heavy (non-hydrogen) atoms. The molecular weight excluding hydrogens is 504 g/mol. The zero-order valence-electron chi connectivity index (χ0n) is 19.0. The molecule has 11 heteroatoms. The van der Waals surface area contributed by atoms with E-state index in [9.17, 15) is 21.6 Å². The average molecular weight is 529 g/mol. The maximum absolute atomic E-state index is 12.9. The number of aliphatic hydroxyl groups excluding tert-OH is 2. The highest BCUT2D eigenvalue weighted by molar-refractivity contribution is 7.92. The third-order valence-corrected chi connectivity index (χ3v) is 9.15. The Balaban J connectivity index is 1.68. The van der Waals surface area contributed by atoms with E-state index in [1.807, 2.05) is 0 Å². The van der Waals surface area contributed by atoms with Crippen molar-refractivity contribution in [2.24, 2.45) is 0 Å². The van der Waals surface area contributed by atoms with Crippen molar-refractivity contribution in [3.05, 3.63) is 72.8 Å². The molecule has 0 heterocycles. The molecule has 4 N–H and O–H groups in total. The van der Waals surface area contributed by atoms with Gasteiger partial charge in [-0.25, -0.2) is 21.6 Å². The fraction of sp³-hybridized carbons (Fsp3) is 0.160. The summed E-state index contributed by atoms with van der Waals surface area (Å²) in [5.41, 5.74) is 0.745. The number of anilines is 2. The molecule has 0 aliphatic rings. The van der Waals surface area contributed by atoms with E-state index in [4.69, 9.17) is 10.2 Å². The Hall–Kier alpha value is -3.51. The van der Waals surface area contributed by atoms with Crippen LogP contribution in [0.5, 0.6) is 0 Å². The van der Waals surface area contributed by atoms with Crippen molar-refractivity contribution in [3.63, 3.8) is 0 Å². The third kappa shape index (κ3) is 5.05. The Morgan fingerprint density at radius 2 is 0.944 bits per heavy atom. The first kappa shape index (κ1) is 25.6. The van der Waals surface area contributed by atoms with Crippen LogP contribution in [0.15, 0.2) is 82.6 Å². The number of carbonyl (C=O) groups is 1. The van der Waals surface area contributed by atoms with E-state index >= 15 is 0 Å². The van der Waals surface area contributed by atoms with Crippen LogP contribution >= 0.6 is 0 Å². The molecule has 4 rings (SSSR count). The largest absolute Gasteiger partial charge is 0.395 e. The van der Waals surface area contributed by atoms with Crippen molar-refractivity contribution in [2.75, 3.05) is 35.4 Å². The topological polar surface area (TPSA) is 150 Å². The van der Waals surface area contributed by atoms with Crippen molar-refractivity contribution >= 4 is 58.6 Å². The Labute approximate surface area is 208 Å². The number of amides is 2. The zero-order chi connectivity index (χ0) is 25.9. The van der Waals surface area contributed by atoms with Gasteiger partial charge in [-0.1, -0.05) is 48.5 Å². The van der Waals surface area contributed by atoms with Gasteiger partial charge in [0.1, 0.15) is 0 Å². The maximum atomic E-state index is 12.9. The van der Waals surface area contributed by atoms with E-state index < -0.39 is 50.4 Å². The van der Waals surface area contributed by atoms with Gasteiger partial charge in [-0.15, -0.1) is 0 Å². The van der Waals surface area contributed by atoms with Crippen molar-refractivity contribution in [2.45, 2.75) is 9.79 Å². The lowest BCUT2D eigenvalue weighted by Crippen LogP contribution is -2.20. The van der Waals surface area contributed by atoms with Gasteiger partial charge in [0, 0.05) is 21.5 Å². The minimum absolute atomic E-state index is 0.0591. The SMILES string of the molecule is O=C(Nc1ccc(S(=O)(=O)CCO)c2ccccc12)Nc1ccc(S(=O)(=O)CCO)c2ccccc12. The number of rotatable bonds is 8. The highest BCUT2D eigenvalue weighted by Gasteiger charge is 2.21. The van der Waals surface area contributed by atoms with Crippen LogP contribution in [0.25, 0.3) is 21.5 Å². The van der Waals surface area contributed by atoms with Gasteiger partial charge in [0.25, 0.3) is 0 Å². The van der Waals surface area contributed by atoms with Crippen molar-refractivity contribution in [1.29, 1.82) is 0 Å². The van der Waals surface area contributed by atoms with Gasteiger partial charge in [0.05, 0.1) is 45.9 Å². The lowest BCUT2D eigenvalue weighted by molar-refractivity contribution is 0.262. The summed E-state index contributed by atoms with van der Waals surface area (Å²) in [4.78, 5) is 13.0. The van der Waals surface area contributed by atoms with E-state index in [2.05, 4.69) is 10.6 Å². The molecule has 0 aliphatic carbocycles. The second kappa shape index (κ2) is 10.2. The molecule has 0 saturated carbocycles. The molecule has 188 valence electrons. The fourth-order valence-corrected chi connectivity index (χ4v) is 6.54. The van der Waals surface area contributed by atoms with Gasteiger partial charge in [0.15, 0.2) is 19.7 Å². The standard InChI is InChI=1S/C25H24N2O7S2/c28-13-15-35(31,32)23-11-9-21(17-5-1-3-7-19(17)23)26-25(30)27-22-10-12-24(36(33,34)16-14-29)20-8-4-2-6-18(20)22/h1-12,28-29H,13-16H2,(H2,26,27,30). The first-order valence-electron chi connectivity index (χ1n) is 11.0. The summed E-state index contributed by atoms with van der Waals surface area (Å²) in [7, 11) is -7.44. The highest BCUT2D eigenvalue weighted by atomic mass is 32.2. The van der Waals surface area contributed by atoms with Crippen LogP contribution < -0.4 is 10.6 Å². The van der Waals surface area contributed by atoms with Gasteiger partial charge in [-0.2, -0.15) is 0 Å². The predicted octanol–water partition coefficient (Wildman–Crippen LogP) is 3.17. The lowest BCUT2D eigenvalue weighted by atomic mass is 10.1. The molecule has 0 aliphatic heterocycles. The number of nitrogens with one attached hydrogen (secondary N) is 2. The van der Waals surface area contributed by atoms with E-state index in [-0.39, 0.29) is 9.79 Å². The van der Waals surface area contributed by atoms with Gasteiger partial charge in [-0.05, 0) is 24.3 Å². The molecule has 2 amide bonds. The van der Waals surface area contributed by atoms with Crippen molar-refractivity contribution in [3.8, 4) is 0 Å². The van der Waals surface area contributed by atoms with E-state index in [0.717, 1.165) is 0 Å². The molecule has 4 aromatic rings. The smallest absolute Gasteiger partial charge is 0.323 e. The maximum Gasteiger partial charge on any atom is 0.323 e. The Morgan fingerprint density at radius 3 is 1.31 bits per heavy atom. The fourth-order valence-electron chi connectivity index (χ4n) is 4.04. The Bertz CT molecular complexity index is 1540. The van der Waals surface area contributed by atoms with Crippen LogP contribution in [-0.4, -0.2) is 57.8 Å². The second-order valence-corrected chi connectivity index (χ2v) is 12.1. The van der Waals surface area contributed by atoms with Gasteiger partial charge in [0.2, 0.25) is 0 Å². The Morgan fingerprint density at radius 1 is 0.583 bits per heavy atom. The van der Waals surface area contributed by atoms with Crippen LogP contribution in [0.2, 0.25) is 0 Å². The monoisotopic (exact) mass is 528 g/mol. The van der Waals surface area contributed by atoms with E-state index in [1.165, 1.54) is 24.3 Å². The molecule has 0 fully saturated rings. The number of urea groups is 1. The number of aliphatic hydroxyl groups is 2. The van der Waals surface area contributed by atoms with Crippen molar-refractivity contribution in [1.82, 2.24) is 0 Å². The number of hydrogen-bond acceptors (Lipinski definition) is 7. The van der Waals surface area contributed by atoms with E-state index in [0.29, 0.717) is 32.9 Å². The quantitative estimate of drug-likeness (QED) is 0.274. The summed E-state index contributed by atoms with van der Waals surface area (Å²) >= 11 is 0. The molecule has 0 bridgehead atoms. The average Bonchev–Trinajstić information content (AvgIpc) is 2.84. The van der Waals surface area contributed by atoms with Crippen molar-refractivity contribution < 1.29 is 31.8 Å². The number of sulfone groups is 2. The molecule has 0 unspecified atom stereocenters. The lowest BCUT2D eigenvalue weighted by Gasteiger charge is -2.15. The minimum atomic E-state index is -3.72. The molecule has 0 atom stereocenters. The van der Waals surface area contributed by atoms with Crippen LogP contribution in [0.1, 0.15) is 0 Å². The first-order chi connectivity index (χ1) is 17.2. The van der Waals surface area contributed by atoms with Gasteiger partial charge >= 0.3 is 6.03 Å². The van der Waals surface area contributed by atoms with Crippen LogP contribution in [0.3, 0.4) is 0 Å². The number of hydrogen-bond donors (Lipinski definition) is 4. The summed E-state index contributed by atoms with van der Waals surface area (Å²) in [5.74, 6) is -0.831. The van der Waals surface area contributed by atoms with Crippen LogP contribution in [0.4, 0.5) is 16.2 Å². The van der Waals surface area contributed by atoms with Gasteiger partial charge < -0.3 is 20.8 Å². The summed E-state index contributed by atoms with van der Waals surface area (Å²) in [6, 6.07) is 18.5. The predicted molar refractivity (Wildman–Crippen MR) is 139 cm³/mol. The minimum Gasteiger partial charge on any atom is -0.395 e. The molecule has 0 radical (unpaired) electrons. The number of carbonyl (C=O) groups excluding carboxylic acids is 1. The highest BCUT2D eigenvalue weighted by Crippen LogP contribution is 2.32. The molecule has 0 aromatic heterocycles. The molecule has 4 aromatic carbocycles. The zero-order valence-corrected chi connectivity index (χ0v) is 20.6. The molecular formula is C25H24N2O7S2. The molecule has 0 spiro atoms. The molecule has 0 saturated heterocycles. The van der Waals surface area contributed by atoms with Gasteiger partial charge in [-0.3, -0.25) is 0 Å². The number of fused-ring (bicyclic) bond motifs is 2. The summed E-state index contributed by atoms with van der Waals surface area (Å²) < 4.78 is 50.3. The van der Waals surface area contributed by atoms with Crippen LogP contribution in [-0.2, 0) is 19.7 Å². The third-order valence-electron chi connectivity index (χ3n) is 5.65. The second-order valence-electron chi connectivity index (χ2n) is 7.98. The normalized spacial score (nSPS) is 12.1. The van der Waals surface area contributed by atoms with Crippen LogP contribution in [0, 0.1) is 0 Å². The Kier molecular flexibility index (Phi) is 7.27. The summed E-state index contributed by atoms with van der Waals surface area (Å²) in [6.45, 7) is -1.01. The summed E-state index contributed by atoms with van der Waals surface area (Å²) in [5, 5.41) is 25.5. The van der Waals surface area contributed by atoms with E-state index in [1.54, 1.807) is 48.5 Å². The summed E-state index contributed by atoms with van der Waals surface area (Å²) in [6.07, 6.45) is 0. The number of benzene rings is 4. The molecule has 9 nitrogen and oxygen atoms in total.